The van der Waals surface area contributed by atoms with Gasteiger partial charge in [-0.15, -0.1) is 0 Å². The number of nitrogens with zero attached hydrogens (tertiary/aromatic N) is 3. The molecule has 0 radical (unpaired) electrons. The zero-order valence-corrected chi connectivity index (χ0v) is 20.5. The van der Waals surface area contributed by atoms with Crippen LogP contribution in [0.3, 0.4) is 0 Å². The number of hydrogen-bond donors (Lipinski definition) is 1. The summed E-state index contributed by atoms with van der Waals surface area (Å²) < 4.78 is 23.4. The highest BCUT2D eigenvalue weighted by atomic mass is 32.2. The summed E-state index contributed by atoms with van der Waals surface area (Å²) in [5, 5.41) is 4.03. The first-order chi connectivity index (χ1) is 15.8. The van der Waals surface area contributed by atoms with Gasteiger partial charge in [0.25, 0.3) is 5.91 Å². The Morgan fingerprint density at radius 2 is 1.76 bits per heavy atom. The van der Waals surface area contributed by atoms with Gasteiger partial charge in [-0.25, -0.2) is 8.42 Å². The number of benzene rings is 2. The first-order valence-electron chi connectivity index (χ1n) is 11.2. The molecule has 2 aromatic carbocycles. The van der Waals surface area contributed by atoms with Gasteiger partial charge in [0.2, 0.25) is 0 Å². The van der Waals surface area contributed by atoms with E-state index in [9.17, 15) is 13.2 Å². The summed E-state index contributed by atoms with van der Waals surface area (Å²) >= 11 is 1.49. The molecule has 0 aromatic heterocycles. The lowest BCUT2D eigenvalue weighted by Gasteiger charge is -2.37. The lowest BCUT2D eigenvalue weighted by Crippen LogP contribution is -2.49. The summed E-state index contributed by atoms with van der Waals surface area (Å²) in [5.41, 5.74) is 5.29. The Morgan fingerprint density at radius 1 is 1.03 bits per heavy atom. The number of fused-ring (bicyclic) bond motifs is 1. The molecule has 1 N–H and O–H groups in total. The molecule has 7 nitrogen and oxygen atoms in total. The zero-order chi connectivity index (χ0) is 23.2. The second-order valence-corrected chi connectivity index (χ2v) is 12.4. The van der Waals surface area contributed by atoms with Crippen LogP contribution in [0.25, 0.3) is 0 Å². The standard InChI is InChI=1S/C24H28N4O3S2/c1-16-3-4-17(2)21(13-16)27-9-11-28(12-10-27)23(29)18-5-7-19(8-6-18)25-24-26-20-14-33(30,31)15-22(20)32-24/h3-8,13,20,22H,9-12,14-15H2,1-2H3,(H,25,26)/t20-,22-/m1/s1. The molecule has 1 amide bonds. The number of amides is 1. The van der Waals surface area contributed by atoms with Crippen LogP contribution < -0.4 is 10.2 Å². The fourth-order valence-electron chi connectivity index (χ4n) is 4.63. The van der Waals surface area contributed by atoms with E-state index in [2.05, 4.69) is 47.3 Å². The van der Waals surface area contributed by atoms with Crippen molar-refractivity contribution in [1.82, 2.24) is 4.90 Å². The normalized spacial score (nSPS) is 23.9. The maximum absolute atomic E-state index is 13.0. The highest BCUT2D eigenvalue weighted by molar-refractivity contribution is 8.15. The number of rotatable bonds is 3. The van der Waals surface area contributed by atoms with Crippen LogP contribution in [0.2, 0.25) is 0 Å². The topological polar surface area (TPSA) is 82.1 Å². The molecule has 2 saturated heterocycles. The van der Waals surface area contributed by atoms with Crippen LogP contribution in [-0.2, 0) is 9.84 Å². The van der Waals surface area contributed by atoms with E-state index in [0.717, 1.165) is 23.9 Å². The second kappa shape index (κ2) is 8.68. The van der Waals surface area contributed by atoms with E-state index in [-0.39, 0.29) is 28.7 Å². The molecule has 0 aliphatic carbocycles. The van der Waals surface area contributed by atoms with Crippen LogP contribution >= 0.6 is 11.8 Å². The van der Waals surface area contributed by atoms with E-state index >= 15 is 0 Å². The Kier molecular flexibility index (Phi) is 5.86. The summed E-state index contributed by atoms with van der Waals surface area (Å²) in [6.07, 6.45) is 0. The average molecular weight is 485 g/mol. The summed E-state index contributed by atoms with van der Waals surface area (Å²) in [5.74, 6) is 0.385. The Hall–Kier alpha value is -2.52. The molecular weight excluding hydrogens is 456 g/mol. The molecule has 3 heterocycles. The van der Waals surface area contributed by atoms with Crippen molar-refractivity contribution >= 4 is 44.0 Å². The molecule has 2 aromatic rings. The van der Waals surface area contributed by atoms with E-state index in [0.29, 0.717) is 18.7 Å². The first kappa shape index (κ1) is 22.3. The molecule has 0 bridgehead atoms. The maximum Gasteiger partial charge on any atom is 0.253 e. The zero-order valence-electron chi connectivity index (χ0n) is 18.8. The minimum absolute atomic E-state index is 0.0145. The molecule has 0 spiro atoms. The minimum Gasteiger partial charge on any atom is -0.368 e. The van der Waals surface area contributed by atoms with Gasteiger partial charge in [0, 0.05) is 48.4 Å². The Labute approximate surface area is 199 Å². The molecule has 9 heteroatoms. The number of thioether (sulfide) groups is 1. The van der Waals surface area contributed by atoms with Crippen LogP contribution in [0, 0.1) is 13.8 Å². The van der Waals surface area contributed by atoms with E-state index in [1.54, 1.807) is 0 Å². The van der Waals surface area contributed by atoms with E-state index in [4.69, 9.17) is 0 Å². The number of piperazine rings is 1. The second-order valence-electron chi connectivity index (χ2n) is 9.01. The maximum atomic E-state index is 13.0. The number of carbonyl (C=O) groups excluding carboxylic acids is 1. The van der Waals surface area contributed by atoms with Crippen molar-refractivity contribution < 1.29 is 13.2 Å². The molecule has 3 aliphatic heterocycles. The van der Waals surface area contributed by atoms with Gasteiger partial charge in [-0.2, -0.15) is 0 Å². The fourth-order valence-corrected chi connectivity index (χ4v) is 8.30. The third-order valence-corrected chi connectivity index (χ3v) is 9.62. The van der Waals surface area contributed by atoms with E-state index in [1.807, 2.05) is 29.2 Å². The van der Waals surface area contributed by atoms with Crippen LogP contribution in [-0.4, -0.2) is 73.4 Å². The third kappa shape index (κ3) is 4.75. The van der Waals surface area contributed by atoms with Crippen LogP contribution in [0.5, 0.6) is 0 Å². The third-order valence-electron chi connectivity index (χ3n) is 6.47. The van der Waals surface area contributed by atoms with Gasteiger partial charge < -0.3 is 15.1 Å². The van der Waals surface area contributed by atoms with Crippen molar-refractivity contribution in [3.05, 3.63) is 59.2 Å². The monoisotopic (exact) mass is 484 g/mol. The molecule has 2 fully saturated rings. The number of amidine groups is 1. The average Bonchev–Trinajstić information content (AvgIpc) is 3.28. The molecule has 3 aliphatic rings. The van der Waals surface area contributed by atoms with Crippen molar-refractivity contribution in [1.29, 1.82) is 0 Å². The minimum atomic E-state index is -2.95. The lowest BCUT2D eigenvalue weighted by molar-refractivity contribution is 0.0747. The summed E-state index contributed by atoms with van der Waals surface area (Å²) in [7, 11) is -2.95. The highest BCUT2D eigenvalue weighted by Gasteiger charge is 2.42. The predicted molar refractivity (Wildman–Crippen MR) is 135 cm³/mol. The molecule has 2 atom stereocenters. The molecule has 174 valence electrons. The number of hydrogen-bond acceptors (Lipinski definition) is 7. The van der Waals surface area contributed by atoms with Gasteiger partial charge in [-0.3, -0.25) is 9.79 Å². The molecule has 5 rings (SSSR count). The smallest absolute Gasteiger partial charge is 0.253 e. The van der Waals surface area contributed by atoms with Gasteiger partial charge in [0.05, 0.1) is 17.5 Å². The number of anilines is 2. The largest absolute Gasteiger partial charge is 0.368 e. The number of sulfone groups is 1. The van der Waals surface area contributed by atoms with Gasteiger partial charge in [-0.05, 0) is 55.3 Å². The predicted octanol–water partition coefficient (Wildman–Crippen LogP) is 2.95. The van der Waals surface area contributed by atoms with Gasteiger partial charge in [-0.1, -0.05) is 23.9 Å². The molecule has 0 saturated carbocycles. The number of carbonyl (C=O) groups is 1. The van der Waals surface area contributed by atoms with Crippen LogP contribution in [0.1, 0.15) is 21.5 Å². The van der Waals surface area contributed by atoms with Crippen LogP contribution in [0.15, 0.2) is 47.5 Å². The van der Waals surface area contributed by atoms with Crippen molar-refractivity contribution in [3.8, 4) is 0 Å². The summed E-state index contributed by atoms with van der Waals surface area (Å²) in [6, 6.07) is 13.8. The van der Waals surface area contributed by atoms with Crippen molar-refractivity contribution in [2.24, 2.45) is 4.99 Å². The lowest BCUT2D eigenvalue weighted by atomic mass is 10.1. The first-order valence-corrected chi connectivity index (χ1v) is 13.9. The fraction of sp³-hybridized carbons (Fsp3) is 0.417. The molecular formula is C24H28N4O3S2. The van der Waals surface area contributed by atoms with Crippen molar-refractivity contribution in [3.63, 3.8) is 0 Å². The van der Waals surface area contributed by atoms with E-state index in [1.165, 1.54) is 28.6 Å². The number of aryl methyl sites for hydroxylation is 2. The van der Waals surface area contributed by atoms with Crippen LogP contribution in [0.4, 0.5) is 11.4 Å². The summed E-state index contributed by atoms with van der Waals surface area (Å²) in [4.78, 5) is 21.8. The van der Waals surface area contributed by atoms with E-state index < -0.39 is 9.84 Å². The van der Waals surface area contributed by atoms with Gasteiger partial charge >= 0.3 is 0 Å². The quantitative estimate of drug-likeness (QED) is 0.722. The Morgan fingerprint density at radius 3 is 2.45 bits per heavy atom. The summed E-state index contributed by atoms with van der Waals surface area (Å²) in [6.45, 7) is 7.29. The van der Waals surface area contributed by atoms with Crippen molar-refractivity contribution in [2.45, 2.75) is 25.1 Å². The van der Waals surface area contributed by atoms with Gasteiger partial charge in [0.15, 0.2) is 15.0 Å². The van der Waals surface area contributed by atoms with Gasteiger partial charge in [0.1, 0.15) is 0 Å². The SMILES string of the molecule is Cc1ccc(C)c(N2CCN(C(=O)c3ccc(NC4=N[C@@H]5CS(=O)(=O)C[C@H]5S4)cc3)CC2)c1. The Balaban J connectivity index is 1.17. The number of nitrogens with one attached hydrogen (secondary N) is 1. The molecule has 0 unspecified atom stereocenters. The Bertz CT molecular complexity index is 1200. The molecule has 33 heavy (non-hydrogen) atoms. The highest BCUT2D eigenvalue weighted by Crippen LogP contribution is 2.34. The van der Waals surface area contributed by atoms with Crippen molar-refractivity contribution in [2.75, 3.05) is 47.9 Å². The number of aliphatic imine (C=N–C) groups is 1.